The fourth-order valence-electron chi connectivity index (χ4n) is 1.29. The molecular weight excluding hydrogens is 212 g/mol. The number of fused-ring (bicyclic) bond motifs is 1. The Bertz CT molecular complexity index is 615. The van der Waals surface area contributed by atoms with E-state index in [0.29, 0.717) is 5.39 Å². The molecule has 0 amide bonds. The van der Waals surface area contributed by atoms with Crippen molar-refractivity contribution in [2.24, 2.45) is 0 Å². The second-order valence-corrected chi connectivity index (χ2v) is 4.76. The van der Waals surface area contributed by atoms with Crippen LogP contribution in [0, 0.1) is 0 Å². The average Bonchev–Trinajstić information content (AvgIpc) is 2.28. The van der Waals surface area contributed by atoms with Gasteiger partial charge in [-0.25, -0.2) is 8.42 Å². The third-order valence-corrected chi connectivity index (χ3v) is 3.30. The molecule has 0 bridgehead atoms. The molecule has 0 aliphatic rings. The standard InChI is InChI=1S/C10H8N2O2S/c1-2-15(13,14)10-9-6-4-3-5-8(9)7-11-12-10/h2-7H,1H2. The first kappa shape index (κ1) is 9.79. The Morgan fingerprint density at radius 3 is 2.73 bits per heavy atom. The van der Waals surface area contributed by atoms with Crippen molar-refractivity contribution < 1.29 is 8.42 Å². The number of nitrogens with zero attached hydrogens (tertiary/aromatic N) is 2. The van der Waals surface area contributed by atoms with Gasteiger partial charge in [-0.1, -0.05) is 30.8 Å². The van der Waals surface area contributed by atoms with Crippen LogP contribution in [-0.4, -0.2) is 18.6 Å². The van der Waals surface area contributed by atoms with Gasteiger partial charge in [0.05, 0.1) is 6.20 Å². The van der Waals surface area contributed by atoms with E-state index in [2.05, 4.69) is 16.8 Å². The van der Waals surface area contributed by atoms with E-state index in [1.54, 1.807) is 18.2 Å². The van der Waals surface area contributed by atoms with Crippen LogP contribution in [0.3, 0.4) is 0 Å². The Labute approximate surface area is 87.2 Å². The van der Waals surface area contributed by atoms with Gasteiger partial charge < -0.3 is 0 Å². The van der Waals surface area contributed by atoms with E-state index in [4.69, 9.17) is 0 Å². The van der Waals surface area contributed by atoms with E-state index in [0.717, 1.165) is 10.8 Å². The van der Waals surface area contributed by atoms with Gasteiger partial charge >= 0.3 is 0 Å². The molecule has 0 spiro atoms. The predicted octanol–water partition coefficient (Wildman–Crippen LogP) is 1.55. The maximum atomic E-state index is 11.6. The maximum absolute atomic E-state index is 11.6. The Kier molecular flexibility index (Phi) is 2.24. The molecule has 0 aliphatic heterocycles. The van der Waals surface area contributed by atoms with Crippen LogP contribution < -0.4 is 0 Å². The molecule has 1 aromatic carbocycles. The summed E-state index contributed by atoms with van der Waals surface area (Å²) in [5.41, 5.74) is 0. The fourth-order valence-corrected chi connectivity index (χ4v) is 2.10. The number of hydrogen-bond acceptors (Lipinski definition) is 4. The second-order valence-electron chi connectivity index (χ2n) is 2.95. The van der Waals surface area contributed by atoms with Crippen LogP contribution >= 0.6 is 0 Å². The average molecular weight is 220 g/mol. The minimum Gasteiger partial charge on any atom is -0.217 e. The van der Waals surface area contributed by atoms with Crippen molar-refractivity contribution in [3.8, 4) is 0 Å². The maximum Gasteiger partial charge on any atom is 0.218 e. The van der Waals surface area contributed by atoms with E-state index in [9.17, 15) is 8.42 Å². The summed E-state index contributed by atoms with van der Waals surface area (Å²) in [5, 5.41) is 9.43. The fraction of sp³-hybridized carbons (Fsp3) is 0. The topological polar surface area (TPSA) is 59.9 Å². The van der Waals surface area contributed by atoms with Crippen LogP contribution in [-0.2, 0) is 9.84 Å². The summed E-state index contributed by atoms with van der Waals surface area (Å²) in [4.78, 5) is 0. The molecule has 0 aliphatic carbocycles. The van der Waals surface area contributed by atoms with E-state index >= 15 is 0 Å². The van der Waals surface area contributed by atoms with E-state index < -0.39 is 9.84 Å². The molecule has 15 heavy (non-hydrogen) atoms. The number of sulfone groups is 1. The van der Waals surface area contributed by atoms with Crippen LogP contribution in [0.15, 0.2) is 47.5 Å². The van der Waals surface area contributed by atoms with Gasteiger partial charge in [-0.05, 0) is 0 Å². The summed E-state index contributed by atoms with van der Waals surface area (Å²) in [6, 6.07) is 7.05. The lowest BCUT2D eigenvalue weighted by Crippen LogP contribution is -2.01. The highest BCUT2D eigenvalue weighted by Crippen LogP contribution is 2.20. The van der Waals surface area contributed by atoms with Gasteiger partial charge in [0.25, 0.3) is 0 Å². The highest BCUT2D eigenvalue weighted by atomic mass is 32.2. The van der Waals surface area contributed by atoms with Crippen LogP contribution in [0.25, 0.3) is 10.8 Å². The SMILES string of the molecule is C=CS(=O)(=O)c1nncc2ccccc12. The number of aromatic nitrogens is 2. The van der Waals surface area contributed by atoms with Crippen LogP contribution in [0.2, 0.25) is 0 Å². The van der Waals surface area contributed by atoms with Gasteiger partial charge in [0.15, 0.2) is 5.03 Å². The Balaban J connectivity index is 2.89. The lowest BCUT2D eigenvalue weighted by atomic mass is 10.2. The summed E-state index contributed by atoms with van der Waals surface area (Å²) in [6.45, 7) is 3.26. The molecule has 0 unspecified atom stereocenters. The highest BCUT2D eigenvalue weighted by molar-refractivity contribution is 7.94. The first-order valence-electron chi connectivity index (χ1n) is 4.23. The lowest BCUT2D eigenvalue weighted by molar-refractivity contribution is 0.600. The van der Waals surface area contributed by atoms with Crippen molar-refractivity contribution in [3.63, 3.8) is 0 Å². The zero-order valence-electron chi connectivity index (χ0n) is 7.79. The largest absolute Gasteiger partial charge is 0.218 e. The van der Waals surface area contributed by atoms with Crippen molar-refractivity contribution in [2.45, 2.75) is 5.03 Å². The molecule has 0 saturated heterocycles. The van der Waals surface area contributed by atoms with Crippen molar-refractivity contribution in [2.75, 3.05) is 0 Å². The van der Waals surface area contributed by atoms with Gasteiger partial charge in [-0.3, -0.25) is 0 Å². The zero-order chi connectivity index (χ0) is 10.9. The third-order valence-electron chi connectivity index (χ3n) is 2.03. The molecule has 2 rings (SSSR count). The molecule has 0 N–H and O–H groups in total. The molecule has 5 heteroatoms. The van der Waals surface area contributed by atoms with Crippen LogP contribution in [0.4, 0.5) is 0 Å². The van der Waals surface area contributed by atoms with Crippen LogP contribution in [0.5, 0.6) is 0 Å². The number of hydrogen-bond donors (Lipinski definition) is 0. The van der Waals surface area contributed by atoms with Crippen LogP contribution in [0.1, 0.15) is 0 Å². The van der Waals surface area contributed by atoms with E-state index in [1.165, 1.54) is 6.20 Å². The lowest BCUT2D eigenvalue weighted by Gasteiger charge is -2.01. The van der Waals surface area contributed by atoms with Gasteiger partial charge in [0, 0.05) is 16.2 Å². The smallest absolute Gasteiger partial charge is 0.217 e. The molecular formula is C10H8N2O2S. The summed E-state index contributed by atoms with van der Waals surface area (Å²) in [5.74, 6) is 0. The highest BCUT2D eigenvalue weighted by Gasteiger charge is 2.15. The third kappa shape index (κ3) is 1.61. The van der Waals surface area contributed by atoms with Gasteiger partial charge in [-0.15, -0.1) is 5.10 Å². The zero-order valence-corrected chi connectivity index (χ0v) is 8.61. The molecule has 76 valence electrons. The summed E-state index contributed by atoms with van der Waals surface area (Å²) < 4.78 is 23.2. The molecule has 0 saturated carbocycles. The minimum absolute atomic E-state index is 0.0457. The first-order chi connectivity index (χ1) is 7.15. The van der Waals surface area contributed by atoms with Gasteiger partial charge in [-0.2, -0.15) is 5.10 Å². The predicted molar refractivity (Wildman–Crippen MR) is 56.9 cm³/mol. The normalized spacial score (nSPS) is 11.5. The van der Waals surface area contributed by atoms with Crippen molar-refractivity contribution in [1.29, 1.82) is 0 Å². The molecule has 1 aromatic heterocycles. The number of rotatable bonds is 2. The Morgan fingerprint density at radius 1 is 1.27 bits per heavy atom. The molecule has 0 radical (unpaired) electrons. The minimum atomic E-state index is -3.53. The molecule has 2 aromatic rings. The van der Waals surface area contributed by atoms with Gasteiger partial charge in [0.2, 0.25) is 9.84 Å². The molecule has 1 heterocycles. The van der Waals surface area contributed by atoms with Gasteiger partial charge in [0.1, 0.15) is 0 Å². The first-order valence-corrected chi connectivity index (χ1v) is 5.78. The molecule has 0 fully saturated rings. The Morgan fingerprint density at radius 2 is 2.00 bits per heavy atom. The van der Waals surface area contributed by atoms with Crippen molar-refractivity contribution in [1.82, 2.24) is 10.2 Å². The van der Waals surface area contributed by atoms with Crippen molar-refractivity contribution in [3.05, 3.63) is 42.4 Å². The molecule has 4 nitrogen and oxygen atoms in total. The quantitative estimate of drug-likeness (QED) is 0.770. The Hall–Kier alpha value is -1.75. The van der Waals surface area contributed by atoms with E-state index in [1.807, 2.05) is 6.07 Å². The summed E-state index contributed by atoms with van der Waals surface area (Å²) >= 11 is 0. The number of benzene rings is 1. The second kappa shape index (κ2) is 3.43. The monoisotopic (exact) mass is 220 g/mol. The summed E-state index contributed by atoms with van der Waals surface area (Å²) in [6.07, 6.45) is 1.53. The molecule has 0 atom stereocenters. The summed E-state index contributed by atoms with van der Waals surface area (Å²) in [7, 11) is -3.53. The van der Waals surface area contributed by atoms with Crippen molar-refractivity contribution >= 4 is 20.6 Å². The van der Waals surface area contributed by atoms with E-state index in [-0.39, 0.29) is 5.03 Å².